The highest BCUT2D eigenvalue weighted by molar-refractivity contribution is 14.0. The van der Waals surface area contributed by atoms with Crippen LogP contribution in [0.4, 0.5) is 13.2 Å². The number of hydrogen-bond acceptors (Lipinski definition) is 2. The third-order valence-electron chi connectivity index (χ3n) is 2.24. The quantitative estimate of drug-likeness (QED) is 0.301. The minimum Gasteiger partial charge on any atom is -0.372 e. The maximum atomic E-state index is 11.8. The van der Waals surface area contributed by atoms with Crippen molar-refractivity contribution >= 4 is 29.9 Å². The SMILES string of the molecule is CCC(C)NC(=NC)NCCCOCC(F)(F)F.I. The van der Waals surface area contributed by atoms with Crippen LogP contribution in [0.5, 0.6) is 0 Å². The Balaban J connectivity index is 0. The summed E-state index contributed by atoms with van der Waals surface area (Å²) in [4.78, 5) is 4.01. The van der Waals surface area contributed by atoms with Gasteiger partial charge in [0, 0.05) is 26.2 Å². The van der Waals surface area contributed by atoms with E-state index in [0.29, 0.717) is 25.0 Å². The van der Waals surface area contributed by atoms with Gasteiger partial charge >= 0.3 is 6.18 Å². The summed E-state index contributed by atoms with van der Waals surface area (Å²) in [6, 6.07) is 0.303. The van der Waals surface area contributed by atoms with Crippen LogP contribution in [0.1, 0.15) is 26.7 Å². The van der Waals surface area contributed by atoms with Gasteiger partial charge in [-0.15, -0.1) is 24.0 Å². The van der Waals surface area contributed by atoms with Crippen LogP contribution in [-0.4, -0.2) is 45.0 Å². The lowest BCUT2D eigenvalue weighted by molar-refractivity contribution is -0.173. The molecular weight excluding hydrogens is 374 g/mol. The maximum Gasteiger partial charge on any atom is 0.411 e. The molecule has 4 nitrogen and oxygen atoms in total. The van der Waals surface area contributed by atoms with Gasteiger partial charge in [-0.1, -0.05) is 6.92 Å². The van der Waals surface area contributed by atoms with E-state index in [0.717, 1.165) is 6.42 Å². The van der Waals surface area contributed by atoms with Crippen LogP contribution in [0.3, 0.4) is 0 Å². The first kappa shape index (κ1) is 21.1. The second-order valence-corrected chi connectivity index (χ2v) is 3.97. The van der Waals surface area contributed by atoms with E-state index in [2.05, 4.69) is 27.3 Å². The van der Waals surface area contributed by atoms with Gasteiger partial charge < -0.3 is 15.4 Å². The number of nitrogens with zero attached hydrogens (tertiary/aromatic N) is 1. The number of aliphatic imine (C=N–C) groups is 1. The molecule has 0 heterocycles. The van der Waals surface area contributed by atoms with E-state index in [-0.39, 0.29) is 30.6 Å². The van der Waals surface area contributed by atoms with Crippen molar-refractivity contribution < 1.29 is 17.9 Å². The van der Waals surface area contributed by atoms with Crippen molar-refractivity contribution in [2.45, 2.75) is 38.9 Å². The van der Waals surface area contributed by atoms with Gasteiger partial charge in [0.05, 0.1) is 0 Å². The zero-order valence-electron chi connectivity index (χ0n) is 11.5. The van der Waals surface area contributed by atoms with Gasteiger partial charge in [0.15, 0.2) is 5.96 Å². The van der Waals surface area contributed by atoms with Crippen molar-refractivity contribution in [1.29, 1.82) is 0 Å². The molecule has 116 valence electrons. The predicted octanol–water partition coefficient (Wildman–Crippen LogP) is 2.54. The molecule has 0 bridgehead atoms. The van der Waals surface area contributed by atoms with Gasteiger partial charge in [-0.25, -0.2) is 0 Å². The molecule has 0 aliphatic carbocycles. The summed E-state index contributed by atoms with van der Waals surface area (Å²) in [6.45, 7) is 3.49. The number of halogens is 4. The lowest BCUT2D eigenvalue weighted by atomic mass is 10.3. The zero-order chi connectivity index (χ0) is 14.0. The molecule has 8 heteroatoms. The topological polar surface area (TPSA) is 45.7 Å². The Hall–Kier alpha value is -0.250. The first-order valence-corrected chi connectivity index (χ1v) is 6.00. The fraction of sp³-hybridized carbons (Fsp3) is 0.909. The summed E-state index contributed by atoms with van der Waals surface area (Å²) in [5.74, 6) is 0.653. The Bertz CT molecular complexity index is 250. The molecule has 0 radical (unpaired) electrons. The Morgan fingerprint density at radius 3 is 2.47 bits per heavy atom. The van der Waals surface area contributed by atoms with Crippen molar-refractivity contribution in [2.75, 3.05) is 26.8 Å². The van der Waals surface area contributed by atoms with Crippen LogP contribution in [0, 0.1) is 0 Å². The average Bonchev–Trinajstić information content (AvgIpc) is 2.30. The highest BCUT2D eigenvalue weighted by Crippen LogP contribution is 2.14. The standard InChI is InChI=1S/C11H22F3N3O.HI/c1-4-9(2)17-10(15-3)16-6-5-7-18-8-11(12,13)14;/h9H,4-8H2,1-3H3,(H2,15,16,17);1H. The van der Waals surface area contributed by atoms with Crippen LogP contribution in [0.15, 0.2) is 4.99 Å². The summed E-state index contributed by atoms with van der Waals surface area (Å²) in [5.41, 5.74) is 0. The van der Waals surface area contributed by atoms with E-state index in [1.165, 1.54) is 0 Å². The number of hydrogen-bond donors (Lipinski definition) is 2. The highest BCUT2D eigenvalue weighted by atomic mass is 127. The molecule has 0 rings (SSSR count). The summed E-state index contributed by atoms with van der Waals surface area (Å²) in [5, 5.41) is 6.16. The molecule has 1 unspecified atom stereocenters. The van der Waals surface area contributed by atoms with Crippen molar-refractivity contribution in [3.8, 4) is 0 Å². The van der Waals surface area contributed by atoms with Crippen molar-refractivity contribution in [2.24, 2.45) is 4.99 Å². The molecule has 0 aromatic heterocycles. The van der Waals surface area contributed by atoms with E-state index in [9.17, 15) is 13.2 Å². The Morgan fingerprint density at radius 1 is 1.37 bits per heavy atom. The van der Waals surface area contributed by atoms with E-state index < -0.39 is 12.8 Å². The normalized spacial score (nSPS) is 13.7. The van der Waals surface area contributed by atoms with Gasteiger partial charge in [-0.2, -0.15) is 13.2 Å². The molecule has 0 saturated carbocycles. The summed E-state index contributed by atoms with van der Waals surface area (Å²) >= 11 is 0. The fourth-order valence-electron chi connectivity index (χ4n) is 1.10. The molecule has 19 heavy (non-hydrogen) atoms. The number of alkyl halides is 3. The molecule has 1 atom stereocenters. The highest BCUT2D eigenvalue weighted by Gasteiger charge is 2.27. The zero-order valence-corrected chi connectivity index (χ0v) is 13.8. The number of nitrogens with one attached hydrogen (secondary N) is 2. The summed E-state index contributed by atoms with van der Waals surface area (Å²) < 4.78 is 39.8. The van der Waals surface area contributed by atoms with E-state index in [4.69, 9.17) is 0 Å². The van der Waals surface area contributed by atoms with E-state index >= 15 is 0 Å². The molecule has 0 aromatic rings. The molecule has 0 spiro atoms. The Morgan fingerprint density at radius 2 is 2.00 bits per heavy atom. The molecule has 0 saturated heterocycles. The maximum absolute atomic E-state index is 11.8. The molecule has 0 aromatic carbocycles. The van der Waals surface area contributed by atoms with Crippen LogP contribution < -0.4 is 10.6 Å². The van der Waals surface area contributed by atoms with Crippen molar-refractivity contribution in [3.05, 3.63) is 0 Å². The van der Waals surface area contributed by atoms with E-state index in [1.807, 2.05) is 6.92 Å². The Labute approximate surface area is 129 Å². The fourth-order valence-corrected chi connectivity index (χ4v) is 1.10. The van der Waals surface area contributed by atoms with Crippen molar-refractivity contribution in [1.82, 2.24) is 10.6 Å². The number of rotatable bonds is 7. The predicted molar refractivity (Wildman–Crippen MR) is 81.2 cm³/mol. The largest absolute Gasteiger partial charge is 0.411 e. The third kappa shape index (κ3) is 14.0. The molecule has 0 amide bonds. The second-order valence-electron chi connectivity index (χ2n) is 3.97. The Kier molecular flexibility index (Phi) is 12.8. The number of guanidine groups is 1. The van der Waals surface area contributed by atoms with Crippen molar-refractivity contribution in [3.63, 3.8) is 0 Å². The van der Waals surface area contributed by atoms with Gasteiger partial charge in [0.25, 0.3) is 0 Å². The first-order valence-electron chi connectivity index (χ1n) is 6.00. The summed E-state index contributed by atoms with van der Waals surface area (Å²) in [7, 11) is 1.65. The smallest absolute Gasteiger partial charge is 0.372 e. The van der Waals surface area contributed by atoms with Gasteiger partial charge in [0.2, 0.25) is 0 Å². The molecule has 0 aliphatic heterocycles. The minimum absolute atomic E-state index is 0. The molecular formula is C11H23F3IN3O. The van der Waals surface area contributed by atoms with Crippen LogP contribution in [0.2, 0.25) is 0 Å². The molecule has 2 N–H and O–H groups in total. The van der Waals surface area contributed by atoms with Gasteiger partial charge in [0.1, 0.15) is 6.61 Å². The van der Waals surface area contributed by atoms with Crippen LogP contribution in [-0.2, 0) is 4.74 Å². The van der Waals surface area contributed by atoms with Crippen LogP contribution in [0.25, 0.3) is 0 Å². The lowest BCUT2D eigenvalue weighted by Crippen LogP contribution is -2.42. The summed E-state index contributed by atoms with van der Waals surface area (Å²) in [6.07, 6.45) is -2.78. The average molecular weight is 397 g/mol. The van der Waals surface area contributed by atoms with Gasteiger partial charge in [-0.3, -0.25) is 4.99 Å². The minimum atomic E-state index is -4.25. The molecule has 0 fully saturated rings. The first-order chi connectivity index (χ1) is 8.39. The third-order valence-corrected chi connectivity index (χ3v) is 2.24. The van der Waals surface area contributed by atoms with E-state index in [1.54, 1.807) is 7.05 Å². The second kappa shape index (κ2) is 11.6. The number of ether oxygens (including phenoxy) is 1. The van der Waals surface area contributed by atoms with Crippen LogP contribution >= 0.6 is 24.0 Å². The monoisotopic (exact) mass is 397 g/mol. The molecule has 0 aliphatic rings. The lowest BCUT2D eigenvalue weighted by Gasteiger charge is -2.16. The van der Waals surface area contributed by atoms with Gasteiger partial charge in [-0.05, 0) is 19.8 Å².